The van der Waals surface area contributed by atoms with E-state index in [1.54, 1.807) is 26.0 Å². The van der Waals surface area contributed by atoms with E-state index in [1.807, 2.05) is 25.1 Å². The molecule has 0 radical (unpaired) electrons. The molecule has 0 bridgehead atoms. The van der Waals surface area contributed by atoms with E-state index in [1.165, 1.54) is 12.1 Å². The van der Waals surface area contributed by atoms with Crippen LogP contribution in [0.2, 0.25) is 5.02 Å². The molecule has 1 N–H and O–H groups in total. The number of benzene rings is 2. The van der Waals surface area contributed by atoms with Crippen molar-refractivity contribution in [3.8, 4) is 5.75 Å². The van der Waals surface area contributed by atoms with Gasteiger partial charge in [0, 0.05) is 5.69 Å². The van der Waals surface area contributed by atoms with Crippen LogP contribution in [0.25, 0.3) is 0 Å². The second-order valence-corrected chi connectivity index (χ2v) is 5.89. The van der Waals surface area contributed by atoms with Crippen LogP contribution in [-0.4, -0.2) is 24.6 Å². The predicted molar refractivity (Wildman–Crippen MR) is 97.3 cm³/mol. The Bertz CT molecular complexity index is 776. The number of esters is 1. The summed E-state index contributed by atoms with van der Waals surface area (Å²) in [6.45, 7) is 5.59. The molecular weight excluding hydrogens is 342 g/mol. The van der Waals surface area contributed by atoms with E-state index in [0.29, 0.717) is 11.4 Å². The lowest BCUT2D eigenvalue weighted by Crippen LogP contribution is -2.30. The predicted octanol–water partition coefficient (Wildman–Crippen LogP) is 4.23. The lowest BCUT2D eigenvalue weighted by Gasteiger charge is -2.15. The normalized spacial score (nSPS) is 11.5. The summed E-state index contributed by atoms with van der Waals surface area (Å²) < 4.78 is 10.5. The van der Waals surface area contributed by atoms with Gasteiger partial charge in [0.1, 0.15) is 5.75 Å². The summed E-state index contributed by atoms with van der Waals surface area (Å²) in [4.78, 5) is 24.0. The van der Waals surface area contributed by atoms with Crippen LogP contribution in [0.1, 0.15) is 29.8 Å². The van der Waals surface area contributed by atoms with Gasteiger partial charge in [-0.2, -0.15) is 0 Å². The maximum absolute atomic E-state index is 12.3. The quantitative estimate of drug-likeness (QED) is 0.782. The smallest absolute Gasteiger partial charge is 0.339 e. The number of anilines is 1. The first-order valence-electron chi connectivity index (χ1n) is 7.91. The van der Waals surface area contributed by atoms with Gasteiger partial charge in [0.2, 0.25) is 0 Å². The van der Waals surface area contributed by atoms with Crippen molar-refractivity contribution in [3.05, 3.63) is 58.6 Å². The second kappa shape index (κ2) is 8.53. The Morgan fingerprint density at radius 3 is 2.60 bits per heavy atom. The average Bonchev–Trinajstić information content (AvgIpc) is 2.55. The highest BCUT2D eigenvalue weighted by atomic mass is 35.5. The molecular formula is C19H20ClNO4. The Balaban J connectivity index is 2.02. The molecule has 2 aromatic rings. The van der Waals surface area contributed by atoms with E-state index >= 15 is 0 Å². The maximum atomic E-state index is 12.3. The highest BCUT2D eigenvalue weighted by molar-refractivity contribution is 6.34. The molecule has 0 spiro atoms. The van der Waals surface area contributed by atoms with Gasteiger partial charge in [-0.25, -0.2) is 4.79 Å². The Kier molecular flexibility index (Phi) is 6.42. The van der Waals surface area contributed by atoms with Crippen LogP contribution in [-0.2, 0) is 9.53 Å². The molecule has 0 aliphatic carbocycles. The van der Waals surface area contributed by atoms with Crippen LogP contribution in [0.5, 0.6) is 5.75 Å². The molecule has 0 aliphatic rings. The van der Waals surface area contributed by atoms with Gasteiger partial charge in [0.15, 0.2) is 6.10 Å². The number of aryl methyl sites for hydroxylation is 1. The van der Waals surface area contributed by atoms with Gasteiger partial charge < -0.3 is 14.8 Å². The van der Waals surface area contributed by atoms with Gasteiger partial charge >= 0.3 is 5.97 Å². The molecule has 1 atom stereocenters. The van der Waals surface area contributed by atoms with Gasteiger partial charge in [0.05, 0.1) is 17.2 Å². The van der Waals surface area contributed by atoms with Crippen molar-refractivity contribution < 1.29 is 19.1 Å². The SMILES string of the molecule is CCOC(=O)c1ccc(NC(=O)[C@@H](C)Oc2cccc(C)c2)cc1Cl. The summed E-state index contributed by atoms with van der Waals surface area (Å²) in [5.41, 5.74) is 1.78. The summed E-state index contributed by atoms with van der Waals surface area (Å²) in [6.07, 6.45) is -0.690. The highest BCUT2D eigenvalue weighted by Crippen LogP contribution is 2.22. The summed E-state index contributed by atoms with van der Waals surface area (Å²) in [5, 5.41) is 2.93. The topological polar surface area (TPSA) is 64.6 Å². The van der Waals surface area contributed by atoms with Crippen LogP contribution in [0, 0.1) is 6.92 Å². The van der Waals surface area contributed by atoms with Crippen LogP contribution >= 0.6 is 11.6 Å². The van der Waals surface area contributed by atoms with Crippen LogP contribution < -0.4 is 10.1 Å². The third-order valence-corrected chi connectivity index (χ3v) is 3.72. The van der Waals surface area contributed by atoms with E-state index in [-0.39, 0.29) is 23.1 Å². The molecule has 5 nitrogen and oxygen atoms in total. The molecule has 6 heteroatoms. The van der Waals surface area contributed by atoms with Crippen LogP contribution in [0.4, 0.5) is 5.69 Å². The molecule has 2 aromatic carbocycles. The fourth-order valence-corrected chi connectivity index (χ4v) is 2.42. The number of ether oxygens (including phenoxy) is 2. The molecule has 0 unspecified atom stereocenters. The van der Waals surface area contributed by atoms with E-state index in [0.717, 1.165) is 5.56 Å². The standard InChI is InChI=1S/C19H20ClNO4/c1-4-24-19(23)16-9-8-14(11-17(16)20)21-18(22)13(3)25-15-7-5-6-12(2)10-15/h5-11,13H,4H2,1-3H3,(H,21,22)/t13-/m1/s1. The summed E-state index contributed by atoms with van der Waals surface area (Å²) in [7, 11) is 0. The molecule has 2 rings (SSSR count). The van der Waals surface area contributed by atoms with Crippen molar-refractivity contribution in [1.82, 2.24) is 0 Å². The largest absolute Gasteiger partial charge is 0.481 e. The number of nitrogens with one attached hydrogen (secondary N) is 1. The van der Waals surface area contributed by atoms with Crippen molar-refractivity contribution in [2.45, 2.75) is 26.9 Å². The van der Waals surface area contributed by atoms with Gasteiger partial charge in [-0.05, 0) is 56.7 Å². The first-order valence-corrected chi connectivity index (χ1v) is 8.29. The molecule has 1 amide bonds. The number of hydrogen-bond donors (Lipinski definition) is 1. The van der Waals surface area contributed by atoms with Crippen molar-refractivity contribution in [1.29, 1.82) is 0 Å². The zero-order valence-corrected chi connectivity index (χ0v) is 15.1. The Hall–Kier alpha value is -2.53. The number of halogens is 1. The highest BCUT2D eigenvalue weighted by Gasteiger charge is 2.17. The maximum Gasteiger partial charge on any atom is 0.339 e. The van der Waals surface area contributed by atoms with E-state index < -0.39 is 12.1 Å². The van der Waals surface area contributed by atoms with Gasteiger partial charge in [-0.1, -0.05) is 23.7 Å². The molecule has 0 aliphatic heterocycles. The molecule has 0 saturated heterocycles. The van der Waals surface area contributed by atoms with Crippen LogP contribution in [0.15, 0.2) is 42.5 Å². The molecule has 0 fully saturated rings. The first-order chi connectivity index (χ1) is 11.9. The van der Waals surface area contributed by atoms with Gasteiger partial charge in [-0.3, -0.25) is 4.79 Å². The monoisotopic (exact) mass is 361 g/mol. The van der Waals surface area contributed by atoms with Crippen molar-refractivity contribution in [2.24, 2.45) is 0 Å². The van der Waals surface area contributed by atoms with Crippen molar-refractivity contribution in [3.63, 3.8) is 0 Å². The zero-order chi connectivity index (χ0) is 18.4. The minimum atomic E-state index is -0.690. The Morgan fingerprint density at radius 1 is 1.20 bits per heavy atom. The second-order valence-electron chi connectivity index (χ2n) is 5.48. The summed E-state index contributed by atoms with van der Waals surface area (Å²) in [5.74, 6) is -0.193. The first kappa shape index (κ1) is 18.8. The van der Waals surface area contributed by atoms with Gasteiger partial charge in [0.25, 0.3) is 5.91 Å². The summed E-state index contributed by atoms with van der Waals surface area (Å²) >= 11 is 6.09. The van der Waals surface area contributed by atoms with Crippen molar-refractivity contribution in [2.75, 3.05) is 11.9 Å². The number of amides is 1. The third kappa shape index (κ3) is 5.22. The minimum Gasteiger partial charge on any atom is -0.481 e. The molecule has 25 heavy (non-hydrogen) atoms. The molecule has 0 aromatic heterocycles. The van der Waals surface area contributed by atoms with E-state index in [9.17, 15) is 9.59 Å². The number of rotatable bonds is 6. The fourth-order valence-electron chi connectivity index (χ4n) is 2.16. The zero-order valence-electron chi connectivity index (χ0n) is 14.3. The molecule has 132 valence electrons. The van der Waals surface area contributed by atoms with E-state index in [2.05, 4.69) is 5.32 Å². The lowest BCUT2D eigenvalue weighted by molar-refractivity contribution is -0.122. The Labute approximate surface area is 151 Å². The number of hydrogen-bond acceptors (Lipinski definition) is 4. The van der Waals surface area contributed by atoms with Gasteiger partial charge in [-0.15, -0.1) is 0 Å². The number of carbonyl (C=O) groups is 2. The summed E-state index contributed by atoms with van der Waals surface area (Å²) in [6, 6.07) is 12.1. The third-order valence-electron chi connectivity index (χ3n) is 3.40. The van der Waals surface area contributed by atoms with Crippen LogP contribution in [0.3, 0.4) is 0 Å². The van der Waals surface area contributed by atoms with E-state index in [4.69, 9.17) is 21.1 Å². The average molecular weight is 362 g/mol. The molecule has 0 saturated carbocycles. The minimum absolute atomic E-state index is 0.212. The number of carbonyl (C=O) groups excluding carboxylic acids is 2. The molecule has 0 heterocycles. The Morgan fingerprint density at radius 2 is 1.96 bits per heavy atom. The fraction of sp³-hybridized carbons (Fsp3) is 0.263. The lowest BCUT2D eigenvalue weighted by atomic mass is 10.2. The van der Waals surface area contributed by atoms with Crippen molar-refractivity contribution >= 4 is 29.2 Å².